The zero-order chi connectivity index (χ0) is 22.1. The Balaban J connectivity index is 1.98. The number of alkyl halides is 3. The van der Waals surface area contributed by atoms with Gasteiger partial charge < -0.3 is 20.7 Å². The Kier molecular flexibility index (Phi) is 6.16. The fraction of sp³-hybridized carbons (Fsp3) is 0.450. The molecule has 0 bridgehead atoms. The number of rotatable bonds is 5. The van der Waals surface area contributed by atoms with Crippen LogP contribution in [0.15, 0.2) is 23.0 Å². The van der Waals surface area contributed by atoms with Crippen LogP contribution in [0.1, 0.15) is 37.8 Å². The molecule has 2 aromatic rings. The average molecular weight is 423 g/mol. The van der Waals surface area contributed by atoms with E-state index in [9.17, 15) is 23.1 Å². The van der Waals surface area contributed by atoms with Crippen LogP contribution in [0.3, 0.4) is 0 Å². The lowest BCUT2D eigenvalue weighted by Crippen LogP contribution is -2.42. The summed E-state index contributed by atoms with van der Waals surface area (Å²) in [5.41, 5.74) is -2.01. The minimum Gasteiger partial charge on any atom is -0.507 e. The van der Waals surface area contributed by atoms with Crippen LogP contribution in [-0.4, -0.2) is 51.6 Å². The van der Waals surface area contributed by atoms with Gasteiger partial charge in [0.05, 0.1) is 11.1 Å². The predicted molar refractivity (Wildman–Crippen MR) is 108 cm³/mol. The van der Waals surface area contributed by atoms with Crippen molar-refractivity contribution in [3.05, 3.63) is 39.5 Å². The first-order valence-electron chi connectivity index (χ1n) is 9.69. The van der Waals surface area contributed by atoms with Crippen LogP contribution in [0.2, 0.25) is 0 Å². The summed E-state index contributed by atoms with van der Waals surface area (Å²) < 4.78 is 38.5. The summed E-state index contributed by atoms with van der Waals surface area (Å²) >= 11 is 0. The number of likely N-dealkylation sites (tertiary alicyclic amines) is 1. The van der Waals surface area contributed by atoms with Crippen LogP contribution < -0.4 is 10.7 Å². The molecule has 4 N–H and O–H groups in total. The van der Waals surface area contributed by atoms with Crippen molar-refractivity contribution in [2.24, 2.45) is 0 Å². The summed E-state index contributed by atoms with van der Waals surface area (Å²) in [6.07, 6.45) is -2.72. The van der Waals surface area contributed by atoms with E-state index in [1.165, 1.54) is 6.92 Å². The second-order valence-electron chi connectivity index (χ2n) is 7.38. The molecule has 10 heteroatoms. The van der Waals surface area contributed by atoms with E-state index in [4.69, 9.17) is 5.41 Å². The molecule has 0 amide bonds. The van der Waals surface area contributed by atoms with E-state index in [0.717, 1.165) is 44.6 Å². The Hall–Kier alpha value is -2.88. The van der Waals surface area contributed by atoms with E-state index < -0.39 is 22.9 Å². The molecule has 0 saturated carbocycles. The quantitative estimate of drug-likeness (QED) is 0.552. The van der Waals surface area contributed by atoms with E-state index in [0.29, 0.717) is 11.9 Å². The fourth-order valence-corrected chi connectivity index (χ4v) is 3.67. The van der Waals surface area contributed by atoms with Gasteiger partial charge in [-0.1, -0.05) is 6.92 Å². The number of nitrogens with one attached hydrogen (secondary N) is 3. The van der Waals surface area contributed by atoms with Gasteiger partial charge in [0.2, 0.25) is 5.43 Å². The first kappa shape index (κ1) is 21.8. The Morgan fingerprint density at radius 2 is 2.17 bits per heavy atom. The molecule has 7 nitrogen and oxygen atoms in total. The molecule has 0 radical (unpaired) electrons. The Morgan fingerprint density at radius 1 is 1.43 bits per heavy atom. The Labute approximate surface area is 171 Å². The zero-order valence-electron chi connectivity index (χ0n) is 16.7. The van der Waals surface area contributed by atoms with Crippen molar-refractivity contribution < 1.29 is 18.3 Å². The van der Waals surface area contributed by atoms with Gasteiger partial charge in [0, 0.05) is 23.9 Å². The van der Waals surface area contributed by atoms with Crippen LogP contribution in [0.4, 0.5) is 19.0 Å². The number of nitrogens with zero attached hydrogens (tertiary/aromatic N) is 2. The molecule has 1 atom stereocenters. The van der Waals surface area contributed by atoms with E-state index in [2.05, 4.69) is 27.3 Å². The van der Waals surface area contributed by atoms with E-state index in [1.807, 2.05) is 0 Å². The minimum atomic E-state index is -4.62. The molecule has 1 aliphatic heterocycles. The third kappa shape index (κ3) is 4.48. The SMILES string of the molecule is CCN1CCC[C@@H](Nc2[nH]nc(-c3ccc(C(F)(F)F)cc3O)c(=O)c2C(C)=N)C1. The number of aromatic nitrogens is 2. The molecule has 162 valence electrons. The standard InChI is InChI=1S/C20H24F3N5O2/c1-3-28-8-4-5-13(10-28)25-19-16(11(2)24)18(30)17(26-27-19)14-7-6-12(9-15(14)29)20(21,22)23/h6-7,9,13,24,29H,3-5,8,10H2,1-2H3,(H2,25,27,30)/t13-/m1/s1. The molecule has 2 heterocycles. The summed E-state index contributed by atoms with van der Waals surface area (Å²) in [5, 5.41) is 28.1. The number of anilines is 1. The topological polar surface area (TPSA) is 105 Å². The van der Waals surface area contributed by atoms with Gasteiger partial charge in [-0.05, 0) is 51.1 Å². The summed E-state index contributed by atoms with van der Waals surface area (Å²) in [7, 11) is 0. The average Bonchev–Trinajstić information content (AvgIpc) is 2.68. The number of likely N-dealkylation sites (N-methyl/N-ethyl adjacent to an activating group) is 1. The maximum atomic E-state index is 13.0. The van der Waals surface area contributed by atoms with E-state index in [-0.39, 0.29) is 28.6 Å². The number of hydrogen-bond donors (Lipinski definition) is 4. The van der Waals surface area contributed by atoms with Crippen LogP contribution in [0.25, 0.3) is 11.3 Å². The third-order valence-electron chi connectivity index (χ3n) is 5.23. The monoisotopic (exact) mass is 423 g/mol. The van der Waals surface area contributed by atoms with E-state index >= 15 is 0 Å². The molecular weight excluding hydrogens is 399 g/mol. The molecule has 0 spiro atoms. The number of halogens is 3. The lowest BCUT2D eigenvalue weighted by Gasteiger charge is -2.33. The number of phenols is 1. The van der Waals surface area contributed by atoms with Crippen molar-refractivity contribution in [3.63, 3.8) is 0 Å². The molecular formula is C20H24F3N5O2. The van der Waals surface area contributed by atoms with Gasteiger partial charge in [-0.15, -0.1) is 0 Å². The fourth-order valence-electron chi connectivity index (χ4n) is 3.67. The van der Waals surface area contributed by atoms with Gasteiger partial charge in [-0.3, -0.25) is 9.89 Å². The Bertz CT molecular complexity index is 1000. The lowest BCUT2D eigenvalue weighted by molar-refractivity contribution is -0.137. The molecule has 1 aromatic heterocycles. The van der Waals surface area contributed by atoms with Crippen molar-refractivity contribution in [3.8, 4) is 17.0 Å². The van der Waals surface area contributed by atoms with Crippen molar-refractivity contribution in [1.29, 1.82) is 5.41 Å². The normalized spacial score (nSPS) is 17.7. The summed E-state index contributed by atoms with van der Waals surface area (Å²) in [6, 6.07) is 2.41. The molecule has 30 heavy (non-hydrogen) atoms. The maximum absolute atomic E-state index is 13.0. The minimum absolute atomic E-state index is 0.0167. The van der Waals surface area contributed by atoms with Crippen LogP contribution in [0.5, 0.6) is 5.75 Å². The zero-order valence-corrected chi connectivity index (χ0v) is 16.7. The number of benzene rings is 1. The summed E-state index contributed by atoms with van der Waals surface area (Å²) in [6.45, 7) is 6.23. The molecule has 1 fully saturated rings. The summed E-state index contributed by atoms with van der Waals surface area (Å²) in [4.78, 5) is 15.3. The molecule has 0 aliphatic carbocycles. The van der Waals surface area contributed by atoms with Gasteiger partial charge >= 0.3 is 6.18 Å². The number of aromatic amines is 1. The molecule has 1 aromatic carbocycles. The molecule has 1 aliphatic rings. The van der Waals surface area contributed by atoms with Crippen LogP contribution in [-0.2, 0) is 6.18 Å². The largest absolute Gasteiger partial charge is 0.507 e. The molecule has 1 saturated heterocycles. The number of H-pyrrole nitrogens is 1. The smallest absolute Gasteiger partial charge is 0.416 e. The van der Waals surface area contributed by atoms with E-state index in [1.54, 1.807) is 0 Å². The van der Waals surface area contributed by atoms with Gasteiger partial charge in [-0.2, -0.15) is 18.3 Å². The number of aromatic hydroxyl groups is 1. The highest BCUT2D eigenvalue weighted by Crippen LogP contribution is 2.35. The van der Waals surface area contributed by atoms with Crippen molar-refractivity contribution in [2.75, 3.05) is 25.0 Å². The molecule has 0 unspecified atom stereocenters. The first-order valence-corrected chi connectivity index (χ1v) is 9.69. The van der Waals surface area contributed by atoms with Gasteiger partial charge in [-0.25, -0.2) is 0 Å². The maximum Gasteiger partial charge on any atom is 0.416 e. The number of hydrogen-bond acceptors (Lipinski definition) is 6. The highest BCUT2D eigenvalue weighted by molar-refractivity contribution is 6.01. The predicted octanol–water partition coefficient (Wildman–Crippen LogP) is 3.45. The summed E-state index contributed by atoms with van der Waals surface area (Å²) in [5.74, 6) is -0.409. The number of phenolic OH excluding ortho intramolecular Hbond substituents is 1. The van der Waals surface area contributed by atoms with Gasteiger partial charge in [0.25, 0.3) is 0 Å². The molecule has 3 rings (SSSR count). The van der Waals surface area contributed by atoms with Crippen molar-refractivity contribution >= 4 is 11.5 Å². The van der Waals surface area contributed by atoms with Gasteiger partial charge in [0.15, 0.2) is 0 Å². The van der Waals surface area contributed by atoms with Crippen molar-refractivity contribution in [1.82, 2.24) is 15.1 Å². The highest BCUT2D eigenvalue weighted by atomic mass is 19.4. The number of piperidine rings is 1. The Morgan fingerprint density at radius 3 is 2.77 bits per heavy atom. The highest BCUT2D eigenvalue weighted by Gasteiger charge is 2.32. The second-order valence-corrected chi connectivity index (χ2v) is 7.38. The third-order valence-corrected chi connectivity index (χ3v) is 5.23. The first-order chi connectivity index (χ1) is 14.1. The van der Waals surface area contributed by atoms with Crippen molar-refractivity contribution in [2.45, 2.75) is 38.9 Å². The lowest BCUT2D eigenvalue weighted by atomic mass is 10.0. The van der Waals surface area contributed by atoms with Gasteiger partial charge in [0.1, 0.15) is 17.3 Å². The van der Waals surface area contributed by atoms with Crippen LogP contribution >= 0.6 is 0 Å². The second kappa shape index (κ2) is 8.47. The van der Waals surface area contributed by atoms with Crippen LogP contribution in [0, 0.1) is 5.41 Å².